The van der Waals surface area contributed by atoms with Gasteiger partial charge in [0, 0.05) is 13.6 Å². The number of nitrogens with zero attached hydrogens (tertiary/aromatic N) is 2. The van der Waals surface area contributed by atoms with E-state index in [0.29, 0.717) is 11.4 Å². The van der Waals surface area contributed by atoms with Gasteiger partial charge in [-0.3, -0.25) is 13.9 Å². The van der Waals surface area contributed by atoms with E-state index in [0.717, 1.165) is 21.0 Å². The summed E-state index contributed by atoms with van der Waals surface area (Å²) in [4.78, 5) is 27.9. The van der Waals surface area contributed by atoms with Crippen molar-refractivity contribution >= 4 is 27.5 Å². The molecule has 0 saturated carbocycles. The lowest BCUT2D eigenvalue weighted by atomic mass is 10.1. The minimum atomic E-state index is -4.09. The molecule has 0 heterocycles. The molecule has 3 rings (SSSR count). The number of anilines is 1. The number of aryl methyl sites for hydroxylation is 1. The first-order chi connectivity index (χ1) is 17.6. The molecule has 0 fully saturated rings. The Morgan fingerprint density at radius 2 is 1.65 bits per heavy atom. The van der Waals surface area contributed by atoms with E-state index < -0.39 is 28.5 Å². The van der Waals surface area contributed by atoms with E-state index in [9.17, 15) is 18.0 Å². The smallest absolute Gasteiger partial charge is 0.264 e. The van der Waals surface area contributed by atoms with Crippen LogP contribution >= 0.6 is 0 Å². The summed E-state index contributed by atoms with van der Waals surface area (Å²) in [6, 6.07) is 19.7. The van der Waals surface area contributed by atoms with Gasteiger partial charge in [0.1, 0.15) is 18.3 Å². The molecule has 1 atom stereocenters. The summed E-state index contributed by atoms with van der Waals surface area (Å²) in [6.45, 7) is 4.94. The SMILES string of the molecule is CNC(=O)C(C)N(Cc1cccc(OC)c1)C(=O)CN(c1cccc(C)c1C)S(=O)(=O)c1ccccc1. The molecule has 0 radical (unpaired) electrons. The van der Waals surface area contributed by atoms with Gasteiger partial charge in [-0.25, -0.2) is 8.42 Å². The number of rotatable bonds is 10. The number of benzene rings is 3. The number of hydrogen-bond donors (Lipinski definition) is 1. The summed E-state index contributed by atoms with van der Waals surface area (Å²) in [7, 11) is -1.05. The van der Waals surface area contributed by atoms with Crippen molar-refractivity contribution in [1.29, 1.82) is 0 Å². The number of ether oxygens (including phenoxy) is 1. The molecular formula is C28H33N3O5S. The minimum Gasteiger partial charge on any atom is -0.497 e. The van der Waals surface area contributed by atoms with Gasteiger partial charge in [-0.05, 0) is 67.8 Å². The molecule has 1 N–H and O–H groups in total. The lowest BCUT2D eigenvalue weighted by Gasteiger charge is -2.32. The van der Waals surface area contributed by atoms with Crippen molar-refractivity contribution in [3.63, 3.8) is 0 Å². The molecule has 0 aliphatic heterocycles. The molecule has 37 heavy (non-hydrogen) atoms. The zero-order valence-corrected chi connectivity index (χ0v) is 22.6. The van der Waals surface area contributed by atoms with Gasteiger partial charge in [0.15, 0.2) is 0 Å². The number of amides is 2. The number of likely N-dealkylation sites (N-methyl/N-ethyl adjacent to an activating group) is 1. The first-order valence-electron chi connectivity index (χ1n) is 11.9. The van der Waals surface area contributed by atoms with Crippen molar-refractivity contribution in [3.05, 3.63) is 89.5 Å². The third-order valence-corrected chi connectivity index (χ3v) is 8.13. The molecule has 0 spiro atoms. The Labute approximate surface area is 218 Å². The van der Waals surface area contributed by atoms with Gasteiger partial charge in [-0.2, -0.15) is 0 Å². The topological polar surface area (TPSA) is 96.0 Å². The minimum absolute atomic E-state index is 0.0717. The molecule has 196 valence electrons. The Bertz CT molecular complexity index is 1360. The normalized spacial score (nSPS) is 11.9. The molecule has 0 aromatic heterocycles. The Hall–Kier alpha value is -3.85. The molecule has 0 aliphatic carbocycles. The zero-order chi connectivity index (χ0) is 27.2. The van der Waals surface area contributed by atoms with Gasteiger partial charge in [-0.1, -0.05) is 42.5 Å². The molecule has 8 nitrogen and oxygen atoms in total. The zero-order valence-electron chi connectivity index (χ0n) is 21.8. The highest BCUT2D eigenvalue weighted by Gasteiger charge is 2.33. The first kappa shape index (κ1) is 27.7. The average molecular weight is 524 g/mol. The Kier molecular flexibility index (Phi) is 8.94. The second-order valence-electron chi connectivity index (χ2n) is 8.71. The Morgan fingerprint density at radius 1 is 0.973 bits per heavy atom. The summed E-state index contributed by atoms with van der Waals surface area (Å²) in [5.74, 6) is -0.263. The van der Waals surface area contributed by atoms with Crippen LogP contribution < -0.4 is 14.4 Å². The second-order valence-corrected chi connectivity index (χ2v) is 10.6. The maximum Gasteiger partial charge on any atom is 0.264 e. The Morgan fingerprint density at radius 3 is 2.30 bits per heavy atom. The van der Waals surface area contributed by atoms with Crippen molar-refractivity contribution in [2.45, 2.75) is 38.3 Å². The van der Waals surface area contributed by atoms with Crippen LogP contribution in [0.25, 0.3) is 0 Å². The van der Waals surface area contributed by atoms with Gasteiger partial charge in [0.05, 0.1) is 17.7 Å². The summed E-state index contributed by atoms with van der Waals surface area (Å²) in [6.07, 6.45) is 0. The van der Waals surface area contributed by atoms with Crippen LogP contribution in [0.5, 0.6) is 5.75 Å². The maximum absolute atomic E-state index is 13.8. The lowest BCUT2D eigenvalue weighted by molar-refractivity contribution is -0.139. The summed E-state index contributed by atoms with van der Waals surface area (Å²) < 4.78 is 34.1. The number of sulfonamides is 1. The lowest BCUT2D eigenvalue weighted by Crippen LogP contribution is -2.50. The molecule has 2 amide bonds. The summed E-state index contributed by atoms with van der Waals surface area (Å²) >= 11 is 0. The van der Waals surface area contributed by atoms with Crippen LogP contribution in [0.2, 0.25) is 0 Å². The molecule has 0 aliphatic rings. The van der Waals surface area contributed by atoms with Crippen LogP contribution in [0, 0.1) is 13.8 Å². The summed E-state index contributed by atoms with van der Waals surface area (Å²) in [5.41, 5.74) is 2.79. The third kappa shape index (κ3) is 6.29. The fraction of sp³-hybridized carbons (Fsp3) is 0.286. The van der Waals surface area contributed by atoms with Crippen molar-refractivity contribution in [1.82, 2.24) is 10.2 Å². The van der Waals surface area contributed by atoms with Crippen LogP contribution in [0.3, 0.4) is 0 Å². The monoisotopic (exact) mass is 523 g/mol. The molecule has 0 saturated heterocycles. The molecule has 1 unspecified atom stereocenters. The van der Waals surface area contributed by atoms with E-state index >= 15 is 0 Å². The number of nitrogens with one attached hydrogen (secondary N) is 1. The van der Waals surface area contributed by atoms with Gasteiger partial charge in [-0.15, -0.1) is 0 Å². The van der Waals surface area contributed by atoms with Crippen LogP contribution in [0.4, 0.5) is 5.69 Å². The van der Waals surface area contributed by atoms with Crippen molar-refractivity contribution in [2.75, 3.05) is 25.0 Å². The van der Waals surface area contributed by atoms with Gasteiger partial charge in [0.2, 0.25) is 11.8 Å². The standard InChI is InChI=1S/C28H33N3O5S/c1-20-11-9-16-26(21(20)2)31(37(34,35)25-14-7-6-8-15-25)19-27(32)30(22(3)28(33)29-4)18-23-12-10-13-24(17-23)36-5/h6-17,22H,18-19H2,1-5H3,(H,29,33). The third-order valence-electron chi connectivity index (χ3n) is 6.36. The molecular weight excluding hydrogens is 490 g/mol. The predicted octanol–water partition coefficient (Wildman–Crippen LogP) is 3.67. The maximum atomic E-state index is 13.8. The number of hydrogen-bond acceptors (Lipinski definition) is 5. The fourth-order valence-corrected chi connectivity index (χ4v) is 5.49. The van der Waals surface area contributed by atoms with E-state index in [1.807, 2.05) is 26.0 Å². The van der Waals surface area contributed by atoms with Crippen molar-refractivity contribution in [2.24, 2.45) is 0 Å². The number of methoxy groups -OCH3 is 1. The quantitative estimate of drug-likeness (QED) is 0.438. The van der Waals surface area contributed by atoms with Crippen molar-refractivity contribution < 1.29 is 22.7 Å². The molecule has 3 aromatic carbocycles. The summed E-state index contributed by atoms with van der Waals surface area (Å²) in [5, 5.41) is 2.58. The highest BCUT2D eigenvalue weighted by molar-refractivity contribution is 7.92. The van der Waals surface area contributed by atoms with Crippen LogP contribution in [-0.4, -0.2) is 51.9 Å². The fourth-order valence-electron chi connectivity index (χ4n) is 4.00. The average Bonchev–Trinajstić information content (AvgIpc) is 2.91. The van der Waals surface area contributed by atoms with Crippen LogP contribution in [0.1, 0.15) is 23.6 Å². The Balaban J connectivity index is 2.07. The van der Waals surface area contributed by atoms with E-state index in [4.69, 9.17) is 4.74 Å². The highest BCUT2D eigenvalue weighted by Crippen LogP contribution is 2.29. The van der Waals surface area contributed by atoms with Gasteiger partial charge >= 0.3 is 0 Å². The van der Waals surface area contributed by atoms with Gasteiger partial charge < -0.3 is 15.0 Å². The van der Waals surface area contributed by atoms with E-state index in [1.54, 1.807) is 62.6 Å². The van der Waals surface area contributed by atoms with E-state index in [1.165, 1.54) is 24.1 Å². The van der Waals surface area contributed by atoms with Gasteiger partial charge in [0.25, 0.3) is 10.0 Å². The van der Waals surface area contributed by atoms with Crippen LogP contribution in [0.15, 0.2) is 77.7 Å². The van der Waals surface area contributed by atoms with Crippen molar-refractivity contribution in [3.8, 4) is 5.75 Å². The number of carbonyl (C=O) groups excluding carboxylic acids is 2. The molecule has 3 aromatic rings. The van der Waals surface area contributed by atoms with E-state index in [2.05, 4.69) is 5.32 Å². The number of carbonyl (C=O) groups is 2. The predicted molar refractivity (Wildman–Crippen MR) is 144 cm³/mol. The molecule has 9 heteroatoms. The largest absolute Gasteiger partial charge is 0.497 e. The van der Waals surface area contributed by atoms with E-state index in [-0.39, 0.29) is 17.3 Å². The first-order valence-corrected chi connectivity index (χ1v) is 13.3. The second kappa shape index (κ2) is 11.9. The highest BCUT2D eigenvalue weighted by atomic mass is 32.2. The van der Waals surface area contributed by atoms with Crippen LogP contribution in [-0.2, 0) is 26.2 Å². The molecule has 0 bridgehead atoms.